The van der Waals surface area contributed by atoms with Gasteiger partial charge in [-0.05, 0) is 24.4 Å². The SMILES string of the molecule is CCNC1CCN(C(=O)C(OC)c2ccccc2)CC1C. The van der Waals surface area contributed by atoms with Gasteiger partial charge in [0.15, 0.2) is 6.10 Å². The number of carbonyl (C=O) groups excluding carboxylic acids is 1. The zero-order valence-corrected chi connectivity index (χ0v) is 13.2. The van der Waals surface area contributed by atoms with Crippen LogP contribution in [-0.4, -0.2) is 43.6 Å². The van der Waals surface area contributed by atoms with Crippen molar-refractivity contribution in [3.8, 4) is 0 Å². The molecule has 1 aliphatic rings. The van der Waals surface area contributed by atoms with Crippen molar-refractivity contribution >= 4 is 5.91 Å². The van der Waals surface area contributed by atoms with Crippen LogP contribution in [0.25, 0.3) is 0 Å². The van der Waals surface area contributed by atoms with E-state index in [1.165, 1.54) is 0 Å². The van der Waals surface area contributed by atoms with Gasteiger partial charge in [0.05, 0.1) is 0 Å². The number of benzene rings is 1. The van der Waals surface area contributed by atoms with E-state index in [4.69, 9.17) is 4.74 Å². The number of nitrogens with zero attached hydrogens (tertiary/aromatic N) is 1. The number of methoxy groups -OCH3 is 1. The van der Waals surface area contributed by atoms with E-state index in [9.17, 15) is 4.79 Å². The average Bonchev–Trinajstić information content (AvgIpc) is 2.51. The van der Waals surface area contributed by atoms with E-state index >= 15 is 0 Å². The molecule has 1 saturated heterocycles. The minimum Gasteiger partial charge on any atom is -0.367 e. The van der Waals surface area contributed by atoms with Gasteiger partial charge >= 0.3 is 0 Å². The Morgan fingerprint density at radius 2 is 2.14 bits per heavy atom. The quantitative estimate of drug-likeness (QED) is 0.904. The molecule has 0 bridgehead atoms. The first-order valence-corrected chi connectivity index (χ1v) is 7.77. The molecule has 1 aromatic carbocycles. The molecule has 4 heteroatoms. The molecule has 0 aromatic heterocycles. The Bertz CT molecular complexity index is 449. The Hall–Kier alpha value is -1.39. The van der Waals surface area contributed by atoms with Crippen molar-refractivity contribution in [3.63, 3.8) is 0 Å². The third-order valence-corrected chi connectivity index (χ3v) is 4.25. The van der Waals surface area contributed by atoms with Gasteiger partial charge in [0, 0.05) is 26.2 Å². The highest BCUT2D eigenvalue weighted by Crippen LogP contribution is 2.23. The number of hydrogen-bond donors (Lipinski definition) is 1. The highest BCUT2D eigenvalue weighted by atomic mass is 16.5. The molecule has 0 radical (unpaired) electrons. The van der Waals surface area contributed by atoms with Crippen molar-refractivity contribution in [1.29, 1.82) is 0 Å². The van der Waals surface area contributed by atoms with E-state index < -0.39 is 6.10 Å². The molecule has 0 saturated carbocycles. The fraction of sp³-hybridized carbons (Fsp3) is 0.588. The highest BCUT2D eigenvalue weighted by Gasteiger charge is 2.32. The van der Waals surface area contributed by atoms with Crippen LogP contribution in [0.3, 0.4) is 0 Å². The lowest BCUT2D eigenvalue weighted by Crippen LogP contribution is -2.51. The number of nitrogens with one attached hydrogen (secondary N) is 1. The minimum absolute atomic E-state index is 0.0745. The Labute approximate surface area is 127 Å². The van der Waals surface area contributed by atoms with Gasteiger partial charge in [-0.3, -0.25) is 4.79 Å². The summed E-state index contributed by atoms with van der Waals surface area (Å²) < 4.78 is 5.45. The first-order valence-electron chi connectivity index (χ1n) is 7.77. The first kappa shape index (κ1) is 16.0. The van der Waals surface area contributed by atoms with E-state index in [1.807, 2.05) is 35.2 Å². The molecule has 21 heavy (non-hydrogen) atoms. The number of ether oxygens (including phenoxy) is 1. The Balaban J connectivity index is 2.03. The number of hydrogen-bond acceptors (Lipinski definition) is 3. The van der Waals surface area contributed by atoms with Gasteiger partial charge in [0.1, 0.15) is 0 Å². The Morgan fingerprint density at radius 3 is 2.71 bits per heavy atom. The van der Waals surface area contributed by atoms with Crippen molar-refractivity contribution in [2.24, 2.45) is 5.92 Å². The molecular formula is C17H26N2O2. The molecule has 3 unspecified atom stereocenters. The van der Waals surface area contributed by atoms with Crippen LogP contribution in [0.15, 0.2) is 30.3 Å². The van der Waals surface area contributed by atoms with Crippen LogP contribution >= 0.6 is 0 Å². The number of piperidine rings is 1. The summed E-state index contributed by atoms with van der Waals surface area (Å²) in [7, 11) is 1.60. The van der Waals surface area contributed by atoms with Crippen LogP contribution in [0.5, 0.6) is 0 Å². The second-order valence-corrected chi connectivity index (χ2v) is 5.74. The summed E-state index contributed by atoms with van der Waals surface area (Å²) in [6.07, 6.45) is 0.514. The second kappa shape index (κ2) is 7.57. The minimum atomic E-state index is -0.492. The summed E-state index contributed by atoms with van der Waals surface area (Å²) in [5.74, 6) is 0.543. The lowest BCUT2D eigenvalue weighted by atomic mass is 9.93. The van der Waals surface area contributed by atoms with Crippen LogP contribution in [-0.2, 0) is 9.53 Å². The number of likely N-dealkylation sites (tertiary alicyclic amines) is 1. The fourth-order valence-electron chi connectivity index (χ4n) is 3.08. The topological polar surface area (TPSA) is 41.6 Å². The second-order valence-electron chi connectivity index (χ2n) is 5.74. The summed E-state index contributed by atoms with van der Waals surface area (Å²) in [4.78, 5) is 14.7. The first-order chi connectivity index (χ1) is 10.2. The molecule has 3 atom stereocenters. The molecule has 0 spiro atoms. The van der Waals surface area contributed by atoms with E-state index in [0.717, 1.165) is 31.6 Å². The molecule has 1 heterocycles. The molecule has 116 valence electrons. The van der Waals surface area contributed by atoms with Gasteiger partial charge in [-0.1, -0.05) is 44.2 Å². The molecule has 1 amide bonds. The van der Waals surface area contributed by atoms with Crippen LogP contribution in [0.2, 0.25) is 0 Å². The Morgan fingerprint density at radius 1 is 1.43 bits per heavy atom. The fourth-order valence-corrected chi connectivity index (χ4v) is 3.08. The third kappa shape index (κ3) is 3.83. The molecule has 1 fully saturated rings. The summed E-state index contributed by atoms with van der Waals surface area (Å²) in [6.45, 7) is 6.90. The highest BCUT2D eigenvalue weighted by molar-refractivity contribution is 5.82. The summed E-state index contributed by atoms with van der Waals surface area (Å²) >= 11 is 0. The van der Waals surface area contributed by atoms with Gasteiger partial charge < -0.3 is 15.0 Å². The van der Waals surface area contributed by atoms with Crippen molar-refractivity contribution in [1.82, 2.24) is 10.2 Å². The van der Waals surface area contributed by atoms with E-state index in [1.54, 1.807) is 7.11 Å². The lowest BCUT2D eigenvalue weighted by molar-refractivity contribution is -0.144. The average molecular weight is 290 g/mol. The molecule has 1 aromatic rings. The van der Waals surface area contributed by atoms with Gasteiger partial charge in [0.2, 0.25) is 0 Å². The van der Waals surface area contributed by atoms with E-state index in [0.29, 0.717) is 12.0 Å². The molecule has 1 N–H and O–H groups in total. The normalized spacial score (nSPS) is 23.9. The molecule has 0 aliphatic carbocycles. The summed E-state index contributed by atoms with van der Waals surface area (Å²) in [6, 6.07) is 10.2. The van der Waals surface area contributed by atoms with Gasteiger partial charge in [-0.15, -0.1) is 0 Å². The van der Waals surface area contributed by atoms with Crippen LogP contribution in [0.1, 0.15) is 31.9 Å². The van der Waals surface area contributed by atoms with E-state index in [-0.39, 0.29) is 5.91 Å². The van der Waals surface area contributed by atoms with Crippen molar-refractivity contribution in [3.05, 3.63) is 35.9 Å². The Kier molecular flexibility index (Phi) is 5.76. The number of amides is 1. The number of carbonyl (C=O) groups is 1. The summed E-state index contributed by atoms with van der Waals surface area (Å²) in [5, 5.41) is 3.50. The molecular weight excluding hydrogens is 264 g/mol. The molecule has 1 aliphatic heterocycles. The van der Waals surface area contributed by atoms with Gasteiger partial charge in [0.25, 0.3) is 5.91 Å². The third-order valence-electron chi connectivity index (χ3n) is 4.25. The lowest BCUT2D eigenvalue weighted by Gasteiger charge is -2.38. The van der Waals surface area contributed by atoms with Gasteiger partial charge in [-0.25, -0.2) is 0 Å². The predicted molar refractivity (Wildman–Crippen MR) is 84.0 cm³/mol. The van der Waals surface area contributed by atoms with Gasteiger partial charge in [-0.2, -0.15) is 0 Å². The van der Waals surface area contributed by atoms with E-state index in [2.05, 4.69) is 19.2 Å². The van der Waals surface area contributed by atoms with Crippen molar-refractivity contribution < 1.29 is 9.53 Å². The van der Waals surface area contributed by atoms with Crippen molar-refractivity contribution in [2.45, 2.75) is 32.4 Å². The smallest absolute Gasteiger partial charge is 0.256 e. The standard InChI is InChI=1S/C17H26N2O2/c1-4-18-15-10-11-19(12-13(15)2)17(20)16(21-3)14-8-6-5-7-9-14/h5-9,13,15-16,18H,4,10-12H2,1-3H3. The zero-order chi connectivity index (χ0) is 15.2. The zero-order valence-electron chi connectivity index (χ0n) is 13.2. The maximum atomic E-state index is 12.7. The van der Waals surface area contributed by atoms with Crippen LogP contribution in [0.4, 0.5) is 0 Å². The van der Waals surface area contributed by atoms with Crippen LogP contribution < -0.4 is 5.32 Å². The maximum Gasteiger partial charge on any atom is 0.256 e. The monoisotopic (exact) mass is 290 g/mol. The van der Waals surface area contributed by atoms with Crippen LogP contribution in [0, 0.1) is 5.92 Å². The maximum absolute atomic E-state index is 12.7. The molecule has 2 rings (SSSR count). The predicted octanol–water partition coefficient (Wildman–Crippen LogP) is 2.22. The number of rotatable bonds is 5. The summed E-state index contributed by atoms with van der Waals surface area (Å²) in [5.41, 5.74) is 0.923. The molecule has 4 nitrogen and oxygen atoms in total. The van der Waals surface area contributed by atoms with Crippen molar-refractivity contribution in [2.75, 3.05) is 26.7 Å². The largest absolute Gasteiger partial charge is 0.367 e.